The first-order valence-corrected chi connectivity index (χ1v) is 5.13. The second-order valence-electron chi connectivity index (χ2n) is 4.66. The first-order chi connectivity index (χ1) is 6.64. The molecule has 2 fully saturated rings. The van der Waals surface area contributed by atoms with Crippen molar-refractivity contribution in [3.8, 4) is 0 Å². The van der Waals surface area contributed by atoms with E-state index in [1.807, 2.05) is 0 Å². The largest absolute Gasteiger partial charge is 0.392 e. The summed E-state index contributed by atoms with van der Waals surface area (Å²) in [7, 11) is 3.37. The second-order valence-corrected chi connectivity index (χ2v) is 4.66. The molecule has 4 nitrogen and oxygen atoms in total. The summed E-state index contributed by atoms with van der Waals surface area (Å²) in [6.07, 6.45) is 2.43. The van der Waals surface area contributed by atoms with Gasteiger partial charge >= 0.3 is 0 Å². The van der Waals surface area contributed by atoms with E-state index in [-0.39, 0.29) is 11.5 Å². The highest BCUT2D eigenvalue weighted by molar-refractivity contribution is 5.04. The van der Waals surface area contributed by atoms with Crippen LogP contribution in [0.5, 0.6) is 0 Å². The van der Waals surface area contributed by atoms with Crippen LogP contribution in [0.25, 0.3) is 0 Å². The molecular weight excluding hydrogens is 182 g/mol. The van der Waals surface area contributed by atoms with Crippen molar-refractivity contribution in [2.45, 2.75) is 31.2 Å². The lowest BCUT2D eigenvalue weighted by Crippen LogP contribution is -2.62. The van der Waals surface area contributed by atoms with Gasteiger partial charge in [0.05, 0.1) is 6.10 Å². The molecule has 1 saturated carbocycles. The molecular formula is C10H19NO3. The maximum Gasteiger partial charge on any atom is 0.168 e. The molecule has 1 unspecified atom stereocenters. The average molecular weight is 201 g/mol. The fraction of sp³-hybridized carbons (Fsp3) is 1.00. The zero-order valence-corrected chi connectivity index (χ0v) is 8.88. The number of piperidine rings is 1. The minimum absolute atomic E-state index is 0.198. The van der Waals surface area contributed by atoms with Gasteiger partial charge in [0.2, 0.25) is 0 Å². The first kappa shape index (κ1) is 10.4. The van der Waals surface area contributed by atoms with Gasteiger partial charge < -0.3 is 19.9 Å². The lowest BCUT2D eigenvalue weighted by molar-refractivity contribution is -0.302. The highest BCUT2D eigenvalue weighted by Crippen LogP contribution is 2.53. The summed E-state index contributed by atoms with van der Waals surface area (Å²) in [4.78, 5) is 0. The van der Waals surface area contributed by atoms with E-state index in [0.717, 1.165) is 25.8 Å². The van der Waals surface area contributed by atoms with Gasteiger partial charge in [-0.15, -0.1) is 0 Å². The van der Waals surface area contributed by atoms with Crippen molar-refractivity contribution in [3.63, 3.8) is 0 Å². The second kappa shape index (κ2) is 3.45. The van der Waals surface area contributed by atoms with E-state index in [0.29, 0.717) is 6.54 Å². The van der Waals surface area contributed by atoms with Crippen molar-refractivity contribution in [1.29, 1.82) is 0 Å². The minimum atomic E-state index is -0.390. The monoisotopic (exact) mass is 201 g/mol. The quantitative estimate of drug-likeness (QED) is 0.623. The van der Waals surface area contributed by atoms with Gasteiger partial charge in [0, 0.05) is 40.2 Å². The van der Waals surface area contributed by atoms with Gasteiger partial charge in [-0.05, 0) is 11.8 Å². The Hall–Kier alpha value is -0.160. The Bertz CT molecular complexity index is 207. The van der Waals surface area contributed by atoms with Gasteiger partial charge in [-0.3, -0.25) is 0 Å². The van der Waals surface area contributed by atoms with Crippen molar-refractivity contribution in [3.05, 3.63) is 0 Å². The molecule has 2 N–H and O–H groups in total. The van der Waals surface area contributed by atoms with E-state index in [1.165, 1.54) is 0 Å². The molecule has 0 aromatic rings. The van der Waals surface area contributed by atoms with E-state index >= 15 is 0 Å². The Morgan fingerprint density at radius 2 is 1.93 bits per heavy atom. The molecule has 0 amide bonds. The number of hydrogen-bond acceptors (Lipinski definition) is 4. The predicted octanol–water partition coefficient (Wildman–Crippen LogP) is 0.110. The molecule has 1 saturated heterocycles. The number of hydrogen-bond donors (Lipinski definition) is 2. The molecule has 1 atom stereocenters. The van der Waals surface area contributed by atoms with Crippen LogP contribution in [-0.2, 0) is 9.47 Å². The van der Waals surface area contributed by atoms with Gasteiger partial charge in [0.1, 0.15) is 0 Å². The summed E-state index contributed by atoms with van der Waals surface area (Å²) in [6.45, 7) is 1.69. The smallest absolute Gasteiger partial charge is 0.168 e. The van der Waals surface area contributed by atoms with E-state index in [4.69, 9.17) is 9.47 Å². The Morgan fingerprint density at radius 3 is 2.43 bits per heavy atom. The lowest BCUT2D eigenvalue weighted by atomic mass is 9.60. The molecule has 0 aromatic heterocycles. The molecule has 2 rings (SSSR count). The van der Waals surface area contributed by atoms with Crippen LogP contribution in [0.2, 0.25) is 0 Å². The zero-order chi connectivity index (χ0) is 10.2. The molecule has 2 aliphatic rings. The molecule has 0 aromatic carbocycles. The number of ether oxygens (including phenoxy) is 2. The number of rotatable bonds is 2. The average Bonchev–Trinajstić information content (AvgIpc) is 2.13. The highest BCUT2D eigenvalue weighted by Gasteiger charge is 2.56. The fourth-order valence-electron chi connectivity index (χ4n) is 2.88. The van der Waals surface area contributed by atoms with Gasteiger partial charge in [0.25, 0.3) is 0 Å². The Labute approximate surface area is 84.6 Å². The summed E-state index contributed by atoms with van der Waals surface area (Å²) in [5, 5.41) is 12.8. The van der Waals surface area contributed by atoms with Crippen molar-refractivity contribution in [2.75, 3.05) is 27.3 Å². The van der Waals surface area contributed by atoms with Crippen molar-refractivity contribution in [1.82, 2.24) is 5.32 Å². The van der Waals surface area contributed by atoms with Crippen LogP contribution in [0.4, 0.5) is 0 Å². The van der Waals surface area contributed by atoms with Crippen LogP contribution in [0.1, 0.15) is 19.3 Å². The van der Waals surface area contributed by atoms with Crippen LogP contribution in [-0.4, -0.2) is 44.3 Å². The van der Waals surface area contributed by atoms with Gasteiger partial charge in [-0.1, -0.05) is 0 Å². The number of β-amino-alcohol motifs (C(OH)–C–C–N with tert-alkyl or cyclic N) is 1. The third-order valence-electron chi connectivity index (χ3n) is 3.58. The van der Waals surface area contributed by atoms with Gasteiger partial charge in [-0.25, -0.2) is 0 Å². The SMILES string of the molecule is COC1(OC)CC2(CNCC(O)C2)C1. The third kappa shape index (κ3) is 1.56. The number of aliphatic hydroxyl groups is 1. The Balaban J connectivity index is 1.96. The fourth-order valence-corrected chi connectivity index (χ4v) is 2.88. The molecule has 14 heavy (non-hydrogen) atoms. The van der Waals surface area contributed by atoms with Crippen molar-refractivity contribution >= 4 is 0 Å². The maximum atomic E-state index is 9.58. The maximum absolute atomic E-state index is 9.58. The Morgan fingerprint density at radius 1 is 1.29 bits per heavy atom. The molecule has 1 spiro atoms. The summed E-state index contributed by atoms with van der Waals surface area (Å²) < 4.78 is 10.7. The van der Waals surface area contributed by atoms with Crippen LogP contribution < -0.4 is 5.32 Å². The minimum Gasteiger partial charge on any atom is -0.392 e. The number of nitrogens with one attached hydrogen (secondary N) is 1. The molecule has 1 aliphatic heterocycles. The van der Waals surface area contributed by atoms with Crippen LogP contribution >= 0.6 is 0 Å². The normalized spacial score (nSPS) is 34.1. The van der Waals surface area contributed by atoms with Crippen molar-refractivity contribution in [2.24, 2.45) is 5.41 Å². The highest BCUT2D eigenvalue weighted by atomic mass is 16.7. The van der Waals surface area contributed by atoms with E-state index in [2.05, 4.69) is 5.32 Å². The number of aliphatic hydroxyl groups excluding tert-OH is 1. The summed E-state index contributed by atoms with van der Waals surface area (Å²) >= 11 is 0. The zero-order valence-electron chi connectivity index (χ0n) is 8.88. The third-order valence-corrected chi connectivity index (χ3v) is 3.58. The summed E-state index contributed by atoms with van der Waals surface area (Å²) in [5.74, 6) is -0.390. The molecule has 0 bridgehead atoms. The molecule has 1 aliphatic carbocycles. The van der Waals surface area contributed by atoms with Crippen LogP contribution in [0, 0.1) is 5.41 Å². The molecule has 1 heterocycles. The standard InChI is InChI=1S/C10H19NO3/c1-13-10(14-2)5-9(6-10)3-8(12)4-11-7-9/h8,11-12H,3-7H2,1-2H3. The van der Waals surface area contributed by atoms with E-state index in [9.17, 15) is 5.11 Å². The molecule has 4 heteroatoms. The van der Waals surface area contributed by atoms with Gasteiger partial charge in [0.15, 0.2) is 5.79 Å². The Kier molecular flexibility index (Phi) is 2.55. The topological polar surface area (TPSA) is 50.7 Å². The molecule has 0 radical (unpaired) electrons. The first-order valence-electron chi connectivity index (χ1n) is 5.13. The molecule has 82 valence electrons. The van der Waals surface area contributed by atoms with Gasteiger partial charge in [-0.2, -0.15) is 0 Å². The summed E-state index contributed by atoms with van der Waals surface area (Å²) in [6, 6.07) is 0. The van der Waals surface area contributed by atoms with Crippen LogP contribution in [0.15, 0.2) is 0 Å². The van der Waals surface area contributed by atoms with Crippen molar-refractivity contribution < 1.29 is 14.6 Å². The van der Waals surface area contributed by atoms with Crippen LogP contribution in [0.3, 0.4) is 0 Å². The van der Waals surface area contributed by atoms with E-state index in [1.54, 1.807) is 14.2 Å². The predicted molar refractivity (Wildman–Crippen MR) is 51.9 cm³/mol. The lowest BCUT2D eigenvalue weighted by Gasteiger charge is -2.56. The number of methoxy groups -OCH3 is 2. The van der Waals surface area contributed by atoms with E-state index < -0.39 is 5.79 Å². The summed E-state index contributed by atoms with van der Waals surface area (Å²) in [5.41, 5.74) is 0.198.